The zero-order valence-electron chi connectivity index (χ0n) is 3.30. The minimum Gasteiger partial charge on any atom is -0.374 e. The Hall–Kier alpha value is 1.08. The zero-order chi connectivity index (χ0) is 3.58. The van der Waals surface area contributed by atoms with Crippen LogP contribution in [0.1, 0.15) is 0 Å². The van der Waals surface area contributed by atoms with E-state index in [9.17, 15) is 0 Å². The molecule has 5 heavy (non-hydrogen) atoms. The third kappa shape index (κ3) is 41.4. The molecule has 1 nitrogen and oxygen atoms in total. The van der Waals surface area contributed by atoms with Crippen LogP contribution in [0.4, 0.5) is 0 Å². The second-order valence-corrected chi connectivity index (χ2v) is 2.54. The van der Waals surface area contributed by atoms with E-state index in [1.54, 1.807) is 13.3 Å². The molecule has 0 amide bonds. The predicted molar refractivity (Wildman–Crippen MR) is 21.0 cm³/mol. The van der Waals surface area contributed by atoms with E-state index in [1.807, 2.05) is 0 Å². The summed E-state index contributed by atoms with van der Waals surface area (Å²) in [6, 6.07) is 0. The monoisotopic (exact) mass is 262 g/mol. The first-order valence-electron chi connectivity index (χ1n) is 1.09. The quantitative estimate of drug-likeness (QED) is 0.635. The molecule has 0 rings (SSSR count). The summed E-state index contributed by atoms with van der Waals surface area (Å²) in [6.45, 7) is 3.57. The second-order valence-electron chi connectivity index (χ2n) is 0.847. The molecule has 0 saturated heterocycles. The fourth-order valence-electron chi connectivity index (χ4n) is 0. The molecule has 0 heterocycles. The van der Waals surface area contributed by atoms with Crippen LogP contribution in [-0.2, 0) is 21.1 Å². The molecule has 0 aromatic carbocycles. The fourth-order valence-corrected chi connectivity index (χ4v) is 0. The van der Waals surface area contributed by atoms with Gasteiger partial charge in [-0.3, -0.25) is 0 Å². The normalized spacial score (nSPS) is 7.20. The van der Waals surface area contributed by atoms with Crippen LogP contribution in [0.15, 0.2) is 0 Å². The molecule has 0 aliphatic carbocycles. The van der Waals surface area contributed by atoms with E-state index in [0.717, 1.165) is 0 Å². The van der Waals surface area contributed by atoms with Crippen molar-refractivity contribution in [3.05, 3.63) is 0 Å². The summed E-state index contributed by atoms with van der Waals surface area (Å²) in [4.78, 5) is 8.12. The molecule has 0 saturated carbocycles. The minimum atomic E-state index is -0.620. The van der Waals surface area contributed by atoms with Gasteiger partial charge in [0.2, 0.25) is 0 Å². The smallest absolute Gasteiger partial charge is 0.0187 e. The van der Waals surface area contributed by atoms with Gasteiger partial charge in [0, 0.05) is 29.2 Å². The van der Waals surface area contributed by atoms with Crippen molar-refractivity contribution in [2.24, 2.45) is 0 Å². The summed E-state index contributed by atoms with van der Waals surface area (Å²) < 4.78 is 0. The van der Waals surface area contributed by atoms with Gasteiger partial charge in [-0.15, -0.1) is 0 Å². The van der Waals surface area contributed by atoms with E-state index in [1.165, 1.54) is 0 Å². The third-order valence-electron chi connectivity index (χ3n) is 0. The van der Waals surface area contributed by atoms with Crippen LogP contribution in [0.3, 0.4) is 0 Å². The molecular weight excluding hydrogens is 255 g/mol. The van der Waals surface area contributed by atoms with Crippen LogP contribution in [0.25, 0.3) is 0 Å². The van der Waals surface area contributed by atoms with Gasteiger partial charge in [-0.2, -0.15) is 0 Å². The maximum atomic E-state index is 8.12. The van der Waals surface area contributed by atoms with Gasteiger partial charge < -0.3 is 4.89 Å². The summed E-state index contributed by atoms with van der Waals surface area (Å²) in [7, 11) is -0.620. The molecule has 0 atom stereocenters. The largest absolute Gasteiger partial charge is 0.374 e. The molecule has 0 aliphatic heterocycles. The molecule has 0 spiro atoms. The standard InChI is InChI=1S/C2H7OP.W/c1-4(2)3;/h3H,1-2H3;. The van der Waals surface area contributed by atoms with E-state index in [2.05, 4.69) is 0 Å². The van der Waals surface area contributed by atoms with Gasteiger partial charge in [0.15, 0.2) is 0 Å². The van der Waals surface area contributed by atoms with Gasteiger partial charge in [-0.25, -0.2) is 0 Å². The Morgan fingerprint density at radius 3 is 1.40 bits per heavy atom. The molecule has 0 aliphatic rings. The van der Waals surface area contributed by atoms with E-state index in [4.69, 9.17) is 4.89 Å². The topological polar surface area (TPSA) is 20.2 Å². The summed E-state index contributed by atoms with van der Waals surface area (Å²) in [5.41, 5.74) is 0. The van der Waals surface area contributed by atoms with Crippen molar-refractivity contribution in [2.45, 2.75) is 0 Å². The number of hydrogen-bond acceptors (Lipinski definition) is 1. The van der Waals surface area contributed by atoms with Crippen LogP contribution in [0.5, 0.6) is 0 Å². The van der Waals surface area contributed by atoms with Gasteiger partial charge in [0.05, 0.1) is 0 Å². The number of hydrogen-bond donors (Lipinski definition) is 1. The van der Waals surface area contributed by atoms with E-state index in [0.29, 0.717) is 0 Å². The van der Waals surface area contributed by atoms with Crippen molar-refractivity contribution >= 4 is 8.15 Å². The Morgan fingerprint density at radius 2 is 1.40 bits per heavy atom. The maximum absolute atomic E-state index is 8.12. The molecule has 0 radical (unpaired) electrons. The van der Waals surface area contributed by atoms with Crippen molar-refractivity contribution in [1.29, 1.82) is 0 Å². The molecule has 3 heteroatoms. The first-order valence-corrected chi connectivity index (χ1v) is 3.28. The predicted octanol–water partition coefficient (Wildman–Crippen LogP) is 0.633. The average Bonchev–Trinajstić information content (AvgIpc) is 0.811. The Kier molecular flexibility index (Phi) is 9.57. The van der Waals surface area contributed by atoms with Gasteiger partial charge >= 0.3 is 0 Å². The van der Waals surface area contributed by atoms with Crippen molar-refractivity contribution in [1.82, 2.24) is 0 Å². The molecule has 0 fully saturated rings. The van der Waals surface area contributed by atoms with Crippen LogP contribution in [0, 0.1) is 0 Å². The first-order chi connectivity index (χ1) is 1.73. The van der Waals surface area contributed by atoms with Crippen LogP contribution in [-0.4, -0.2) is 18.2 Å². The maximum Gasteiger partial charge on any atom is 0.0187 e. The molecular formula is C2H7OPW. The fraction of sp³-hybridized carbons (Fsp3) is 1.00. The first kappa shape index (κ1) is 9.42. The molecule has 1 N–H and O–H groups in total. The Labute approximate surface area is 47.9 Å². The summed E-state index contributed by atoms with van der Waals surface area (Å²) in [6.07, 6.45) is 0. The summed E-state index contributed by atoms with van der Waals surface area (Å²) in [5.74, 6) is 0. The van der Waals surface area contributed by atoms with E-state index >= 15 is 0 Å². The van der Waals surface area contributed by atoms with E-state index < -0.39 is 8.15 Å². The summed E-state index contributed by atoms with van der Waals surface area (Å²) in [5, 5.41) is 0. The number of rotatable bonds is 0. The average molecular weight is 262 g/mol. The Morgan fingerprint density at radius 1 is 1.40 bits per heavy atom. The van der Waals surface area contributed by atoms with E-state index in [-0.39, 0.29) is 21.1 Å². The van der Waals surface area contributed by atoms with Crippen molar-refractivity contribution < 1.29 is 26.0 Å². The van der Waals surface area contributed by atoms with Crippen molar-refractivity contribution in [2.75, 3.05) is 13.3 Å². The van der Waals surface area contributed by atoms with Gasteiger partial charge in [0.25, 0.3) is 0 Å². The van der Waals surface area contributed by atoms with Gasteiger partial charge in [-0.1, -0.05) is 0 Å². The SMILES string of the molecule is CP(C)O.[W]. The Bertz CT molecular complexity index is 14.4. The van der Waals surface area contributed by atoms with Crippen LogP contribution < -0.4 is 0 Å². The summed E-state index contributed by atoms with van der Waals surface area (Å²) >= 11 is 0. The molecule has 0 unspecified atom stereocenters. The van der Waals surface area contributed by atoms with Crippen LogP contribution in [0.2, 0.25) is 0 Å². The molecule has 32 valence electrons. The minimum absolute atomic E-state index is 0. The molecule has 0 aromatic rings. The third-order valence-corrected chi connectivity index (χ3v) is 0. The van der Waals surface area contributed by atoms with Crippen molar-refractivity contribution in [3.8, 4) is 0 Å². The second kappa shape index (κ2) is 5.08. The molecule has 0 bridgehead atoms. The molecule has 0 aromatic heterocycles. The van der Waals surface area contributed by atoms with Crippen LogP contribution >= 0.6 is 8.15 Å². The van der Waals surface area contributed by atoms with Crippen molar-refractivity contribution in [3.63, 3.8) is 0 Å². The van der Waals surface area contributed by atoms with Gasteiger partial charge in [0.1, 0.15) is 0 Å². The van der Waals surface area contributed by atoms with Gasteiger partial charge in [-0.05, 0) is 13.3 Å². The Balaban J connectivity index is 0. The zero-order valence-corrected chi connectivity index (χ0v) is 7.13.